The molecule has 1 N–H and O–H groups in total. The van der Waals surface area contributed by atoms with Crippen LogP contribution in [0.4, 0.5) is 0 Å². The van der Waals surface area contributed by atoms with Gasteiger partial charge < -0.3 is 5.11 Å². The average Bonchev–Trinajstić information content (AvgIpc) is 2.12. The van der Waals surface area contributed by atoms with Crippen molar-refractivity contribution in [3.8, 4) is 0 Å². The first-order chi connectivity index (χ1) is 7.59. The Morgan fingerprint density at radius 2 is 1.94 bits per heavy atom. The molecule has 96 valence electrons. The fourth-order valence-corrected chi connectivity index (χ4v) is 3.37. The minimum atomic E-state index is -2.89. The third-order valence-electron chi connectivity index (χ3n) is 3.18. The lowest BCUT2D eigenvalue weighted by molar-refractivity contribution is 0.108. The van der Waals surface area contributed by atoms with Crippen molar-refractivity contribution in [1.82, 2.24) is 4.90 Å². The molecule has 0 aromatic carbocycles. The minimum absolute atomic E-state index is 0.115. The molecule has 0 spiro atoms. The summed E-state index contributed by atoms with van der Waals surface area (Å²) in [5.74, 6) is 0.516. The van der Waals surface area contributed by atoms with E-state index in [4.69, 9.17) is 5.11 Å². The molecule has 0 heterocycles. The molecule has 4 nitrogen and oxygen atoms in total. The summed E-state index contributed by atoms with van der Waals surface area (Å²) in [5.41, 5.74) is 0. The Morgan fingerprint density at radius 3 is 2.38 bits per heavy atom. The van der Waals surface area contributed by atoms with E-state index in [1.165, 1.54) is 6.42 Å². The molecule has 16 heavy (non-hydrogen) atoms. The largest absolute Gasteiger partial charge is 0.395 e. The summed E-state index contributed by atoms with van der Waals surface area (Å²) in [6.07, 6.45) is 4.21. The van der Waals surface area contributed by atoms with Crippen LogP contribution in [-0.4, -0.2) is 55.7 Å². The van der Waals surface area contributed by atoms with Crippen LogP contribution in [0.1, 0.15) is 32.6 Å². The number of hydrogen-bond donors (Lipinski definition) is 1. The Labute approximate surface area is 98.6 Å². The van der Waals surface area contributed by atoms with Crippen molar-refractivity contribution in [2.24, 2.45) is 0 Å². The smallest absolute Gasteiger partial charge is 0.151 e. The highest BCUT2D eigenvalue weighted by molar-refractivity contribution is 7.91. The SMILES string of the molecule is CCCS(=O)(=O)CCN(CCO)C1CCC1. The number of aliphatic hydroxyl groups is 1. The van der Waals surface area contributed by atoms with E-state index < -0.39 is 9.84 Å². The standard InChI is InChI=1S/C11H23NO3S/c1-2-9-16(14,15)10-7-12(6-8-13)11-4-3-5-11/h11,13H,2-10H2,1H3. The Hall–Kier alpha value is -0.130. The molecule has 0 atom stereocenters. The summed E-state index contributed by atoms with van der Waals surface area (Å²) in [5, 5.41) is 8.95. The summed E-state index contributed by atoms with van der Waals surface area (Å²) in [6.45, 7) is 3.18. The number of nitrogens with zero attached hydrogens (tertiary/aromatic N) is 1. The van der Waals surface area contributed by atoms with Gasteiger partial charge in [0.25, 0.3) is 0 Å². The molecule has 1 aliphatic carbocycles. The van der Waals surface area contributed by atoms with Crippen LogP contribution in [-0.2, 0) is 9.84 Å². The lowest BCUT2D eigenvalue weighted by atomic mass is 9.91. The van der Waals surface area contributed by atoms with Gasteiger partial charge in [-0.2, -0.15) is 0 Å². The summed E-state index contributed by atoms with van der Waals surface area (Å²) >= 11 is 0. The molecule has 1 saturated carbocycles. The van der Waals surface area contributed by atoms with Gasteiger partial charge >= 0.3 is 0 Å². The van der Waals surface area contributed by atoms with Crippen molar-refractivity contribution in [1.29, 1.82) is 0 Å². The van der Waals surface area contributed by atoms with Crippen molar-refractivity contribution < 1.29 is 13.5 Å². The highest BCUT2D eigenvalue weighted by atomic mass is 32.2. The molecule has 0 unspecified atom stereocenters. The maximum absolute atomic E-state index is 11.6. The second kappa shape index (κ2) is 6.57. The second-order valence-corrected chi connectivity index (χ2v) is 6.80. The van der Waals surface area contributed by atoms with Gasteiger partial charge in [0.1, 0.15) is 0 Å². The summed E-state index contributed by atoms with van der Waals surface area (Å²) in [6, 6.07) is 0.504. The molecule has 0 amide bonds. The Kier molecular flexibility index (Phi) is 5.72. The maximum atomic E-state index is 11.6. The number of aliphatic hydroxyl groups excluding tert-OH is 1. The first-order valence-corrected chi connectivity index (χ1v) is 7.96. The molecule has 0 bridgehead atoms. The Bertz CT molecular complexity index is 286. The zero-order valence-corrected chi connectivity index (χ0v) is 10.9. The average molecular weight is 249 g/mol. The van der Waals surface area contributed by atoms with Crippen LogP contribution in [0.25, 0.3) is 0 Å². The van der Waals surface area contributed by atoms with Gasteiger partial charge in [-0.15, -0.1) is 0 Å². The van der Waals surface area contributed by atoms with Crippen molar-refractivity contribution in [2.45, 2.75) is 38.6 Å². The van der Waals surface area contributed by atoms with E-state index in [0.29, 0.717) is 25.6 Å². The summed E-state index contributed by atoms with van der Waals surface area (Å²) < 4.78 is 23.2. The van der Waals surface area contributed by atoms with Crippen molar-refractivity contribution in [2.75, 3.05) is 31.2 Å². The molecular weight excluding hydrogens is 226 g/mol. The molecule has 0 radical (unpaired) electrons. The van der Waals surface area contributed by atoms with Gasteiger partial charge in [-0.1, -0.05) is 13.3 Å². The van der Waals surface area contributed by atoms with E-state index in [1.807, 2.05) is 6.92 Å². The van der Waals surface area contributed by atoms with E-state index in [9.17, 15) is 8.42 Å². The van der Waals surface area contributed by atoms with Crippen LogP contribution in [0.15, 0.2) is 0 Å². The van der Waals surface area contributed by atoms with Crippen LogP contribution >= 0.6 is 0 Å². The van der Waals surface area contributed by atoms with Crippen LogP contribution < -0.4 is 0 Å². The zero-order valence-electron chi connectivity index (χ0n) is 10.1. The van der Waals surface area contributed by atoms with Gasteiger partial charge in [-0.3, -0.25) is 4.90 Å². The third kappa shape index (κ3) is 4.39. The third-order valence-corrected chi connectivity index (χ3v) is 5.02. The molecule has 1 fully saturated rings. The minimum Gasteiger partial charge on any atom is -0.395 e. The lowest BCUT2D eigenvalue weighted by Gasteiger charge is -2.37. The first kappa shape index (κ1) is 13.9. The molecule has 0 aromatic rings. The fourth-order valence-electron chi connectivity index (χ4n) is 2.03. The van der Waals surface area contributed by atoms with Gasteiger partial charge in [0.15, 0.2) is 9.84 Å². The zero-order chi connectivity index (χ0) is 12.0. The predicted molar refractivity (Wildman–Crippen MR) is 65.2 cm³/mol. The normalized spacial score (nSPS) is 17.7. The maximum Gasteiger partial charge on any atom is 0.151 e. The van der Waals surface area contributed by atoms with Crippen molar-refractivity contribution >= 4 is 9.84 Å². The highest BCUT2D eigenvalue weighted by Crippen LogP contribution is 2.24. The van der Waals surface area contributed by atoms with E-state index in [1.54, 1.807) is 0 Å². The molecule has 0 aliphatic heterocycles. The topological polar surface area (TPSA) is 57.6 Å². The first-order valence-electron chi connectivity index (χ1n) is 6.14. The molecule has 0 saturated heterocycles. The Morgan fingerprint density at radius 1 is 1.25 bits per heavy atom. The quantitative estimate of drug-likeness (QED) is 0.686. The van der Waals surface area contributed by atoms with Gasteiger partial charge in [-0.05, 0) is 19.3 Å². The molecule has 0 aromatic heterocycles. The lowest BCUT2D eigenvalue weighted by Crippen LogP contribution is -2.44. The second-order valence-electron chi connectivity index (χ2n) is 4.50. The van der Waals surface area contributed by atoms with Crippen LogP contribution in [0.2, 0.25) is 0 Å². The Balaban J connectivity index is 2.36. The van der Waals surface area contributed by atoms with Crippen LogP contribution in [0, 0.1) is 0 Å². The van der Waals surface area contributed by atoms with Gasteiger partial charge in [-0.25, -0.2) is 8.42 Å². The van der Waals surface area contributed by atoms with E-state index in [2.05, 4.69) is 4.90 Å². The number of sulfone groups is 1. The van der Waals surface area contributed by atoms with E-state index in [-0.39, 0.29) is 18.1 Å². The van der Waals surface area contributed by atoms with E-state index in [0.717, 1.165) is 12.8 Å². The molecule has 1 aliphatic rings. The molecule has 1 rings (SSSR count). The molecular formula is C11H23NO3S. The van der Waals surface area contributed by atoms with Crippen molar-refractivity contribution in [3.05, 3.63) is 0 Å². The summed E-state index contributed by atoms with van der Waals surface area (Å²) in [7, 11) is -2.89. The number of rotatable bonds is 8. The predicted octanol–water partition coefficient (Wildman–Crippen LogP) is 0.658. The van der Waals surface area contributed by atoms with Crippen LogP contribution in [0.3, 0.4) is 0 Å². The fraction of sp³-hybridized carbons (Fsp3) is 1.00. The van der Waals surface area contributed by atoms with Gasteiger partial charge in [0.2, 0.25) is 0 Å². The summed E-state index contributed by atoms with van der Waals surface area (Å²) in [4.78, 5) is 2.12. The van der Waals surface area contributed by atoms with Gasteiger partial charge in [0, 0.05) is 24.9 Å². The van der Waals surface area contributed by atoms with E-state index >= 15 is 0 Å². The highest BCUT2D eigenvalue weighted by Gasteiger charge is 2.25. The van der Waals surface area contributed by atoms with Gasteiger partial charge in [0.05, 0.1) is 12.4 Å². The van der Waals surface area contributed by atoms with Crippen LogP contribution in [0.5, 0.6) is 0 Å². The number of hydrogen-bond acceptors (Lipinski definition) is 4. The monoisotopic (exact) mass is 249 g/mol. The molecule has 5 heteroatoms. The van der Waals surface area contributed by atoms with Crippen molar-refractivity contribution in [3.63, 3.8) is 0 Å².